The van der Waals surface area contributed by atoms with Crippen molar-refractivity contribution in [3.63, 3.8) is 0 Å². The third-order valence-electron chi connectivity index (χ3n) is 2.08. The van der Waals surface area contributed by atoms with Gasteiger partial charge in [-0.2, -0.15) is 0 Å². The number of aliphatic hydroxyl groups excluding tert-OH is 1. The first kappa shape index (κ1) is 11.4. The van der Waals surface area contributed by atoms with Crippen molar-refractivity contribution in [1.82, 2.24) is 0 Å². The van der Waals surface area contributed by atoms with E-state index in [1.807, 2.05) is 19.1 Å². The fourth-order valence-corrected chi connectivity index (χ4v) is 1.22. The van der Waals surface area contributed by atoms with E-state index in [-0.39, 0.29) is 5.69 Å². The summed E-state index contributed by atoms with van der Waals surface area (Å²) in [6.45, 7) is 1.88. The molecule has 0 aromatic heterocycles. The molecule has 0 fully saturated rings. The number of benzene rings is 1. The molecule has 0 heterocycles. The molecule has 1 atom stereocenters. The Labute approximate surface area is 88.0 Å². The van der Waals surface area contributed by atoms with Crippen molar-refractivity contribution in [2.75, 3.05) is 0 Å². The maximum atomic E-state index is 10.4. The van der Waals surface area contributed by atoms with Crippen LogP contribution in [0.5, 0.6) is 0 Å². The number of nitro benzene ring substituents is 1. The third-order valence-corrected chi connectivity index (χ3v) is 2.08. The van der Waals surface area contributed by atoms with Crippen LogP contribution in [0.4, 0.5) is 5.69 Å². The second-order valence-electron chi connectivity index (χ2n) is 3.17. The smallest absolute Gasteiger partial charge is 0.269 e. The number of hydrogen-bond donors (Lipinski definition) is 1. The minimum atomic E-state index is -0.595. The Morgan fingerprint density at radius 1 is 1.47 bits per heavy atom. The molecule has 0 bridgehead atoms. The SMILES string of the molecule is C/C=C/C[C@H](O)c1ccc([N+](=O)[O-])cc1. The maximum absolute atomic E-state index is 10.4. The molecule has 0 radical (unpaired) electrons. The van der Waals surface area contributed by atoms with Gasteiger partial charge in [0, 0.05) is 12.1 Å². The number of allylic oxidation sites excluding steroid dienone is 1. The van der Waals surface area contributed by atoms with Crippen LogP contribution in [0.1, 0.15) is 25.0 Å². The molecule has 1 N–H and O–H groups in total. The summed E-state index contributed by atoms with van der Waals surface area (Å²) < 4.78 is 0. The topological polar surface area (TPSA) is 63.4 Å². The monoisotopic (exact) mass is 207 g/mol. The summed E-state index contributed by atoms with van der Waals surface area (Å²) in [6.07, 6.45) is 3.64. The number of nitrogens with zero attached hydrogens (tertiary/aromatic N) is 1. The Balaban J connectivity index is 2.75. The molecule has 0 aliphatic carbocycles. The summed E-state index contributed by atoms with van der Waals surface area (Å²) in [5.74, 6) is 0. The van der Waals surface area contributed by atoms with Gasteiger partial charge < -0.3 is 5.11 Å². The predicted octanol–water partition coefficient (Wildman–Crippen LogP) is 2.59. The maximum Gasteiger partial charge on any atom is 0.269 e. The van der Waals surface area contributed by atoms with E-state index in [0.717, 1.165) is 0 Å². The van der Waals surface area contributed by atoms with E-state index in [0.29, 0.717) is 12.0 Å². The number of hydrogen-bond acceptors (Lipinski definition) is 3. The van der Waals surface area contributed by atoms with Crippen LogP contribution < -0.4 is 0 Å². The van der Waals surface area contributed by atoms with Crippen LogP contribution in [0.25, 0.3) is 0 Å². The van der Waals surface area contributed by atoms with Gasteiger partial charge >= 0.3 is 0 Å². The van der Waals surface area contributed by atoms with E-state index in [4.69, 9.17) is 0 Å². The molecular weight excluding hydrogens is 194 g/mol. The van der Waals surface area contributed by atoms with E-state index in [2.05, 4.69) is 0 Å². The molecule has 0 unspecified atom stereocenters. The normalized spacial score (nSPS) is 12.9. The van der Waals surface area contributed by atoms with E-state index >= 15 is 0 Å². The summed E-state index contributed by atoms with van der Waals surface area (Å²) in [7, 11) is 0. The zero-order chi connectivity index (χ0) is 11.3. The molecule has 15 heavy (non-hydrogen) atoms. The molecule has 4 heteroatoms. The molecule has 0 aliphatic rings. The largest absolute Gasteiger partial charge is 0.388 e. The Morgan fingerprint density at radius 3 is 2.53 bits per heavy atom. The molecule has 0 saturated heterocycles. The average Bonchev–Trinajstić information content (AvgIpc) is 2.26. The van der Waals surface area contributed by atoms with Crippen molar-refractivity contribution < 1.29 is 10.0 Å². The minimum absolute atomic E-state index is 0.0389. The Hall–Kier alpha value is -1.68. The van der Waals surface area contributed by atoms with Crippen molar-refractivity contribution in [3.05, 3.63) is 52.1 Å². The lowest BCUT2D eigenvalue weighted by Gasteiger charge is -2.07. The molecule has 0 spiro atoms. The minimum Gasteiger partial charge on any atom is -0.388 e. The van der Waals surface area contributed by atoms with E-state index < -0.39 is 11.0 Å². The molecule has 1 aromatic rings. The zero-order valence-corrected chi connectivity index (χ0v) is 8.46. The highest BCUT2D eigenvalue weighted by atomic mass is 16.6. The predicted molar refractivity (Wildman–Crippen MR) is 57.5 cm³/mol. The number of non-ortho nitro benzene ring substituents is 1. The van der Waals surface area contributed by atoms with Crippen molar-refractivity contribution in [3.8, 4) is 0 Å². The Kier molecular flexibility index (Phi) is 4.00. The first-order valence-corrected chi connectivity index (χ1v) is 4.68. The van der Waals surface area contributed by atoms with E-state index in [9.17, 15) is 15.2 Å². The van der Waals surface area contributed by atoms with Crippen LogP contribution in [-0.4, -0.2) is 10.0 Å². The fourth-order valence-electron chi connectivity index (χ4n) is 1.22. The van der Waals surface area contributed by atoms with Crippen LogP contribution in [0.3, 0.4) is 0 Å². The van der Waals surface area contributed by atoms with Gasteiger partial charge in [0.1, 0.15) is 0 Å². The lowest BCUT2D eigenvalue weighted by atomic mass is 10.1. The summed E-state index contributed by atoms with van der Waals surface area (Å²) in [4.78, 5) is 9.93. The van der Waals surface area contributed by atoms with Crippen LogP contribution in [0.15, 0.2) is 36.4 Å². The molecular formula is C11H13NO3. The fraction of sp³-hybridized carbons (Fsp3) is 0.273. The molecule has 0 amide bonds. The van der Waals surface area contributed by atoms with Gasteiger partial charge in [-0.1, -0.05) is 12.2 Å². The number of nitro groups is 1. The van der Waals surface area contributed by atoms with Crippen LogP contribution >= 0.6 is 0 Å². The van der Waals surface area contributed by atoms with Crippen molar-refractivity contribution >= 4 is 5.69 Å². The standard InChI is InChI=1S/C11H13NO3/c1-2-3-4-11(13)9-5-7-10(8-6-9)12(14)15/h2-3,5-8,11,13H,4H2,1H3/b3-2+/t11-/m0/s1. The lowest BCUT2D eigenvalue weighted by Crippen LogP contribution is -1.96. The van der Waals surface area contributed by atoms with E-state index in [1.165, 1.54) is 12.1 Å². The van der Waals surface area contributed by atoms with Gasteiger partial charge in [0.15, 0.2) is 0 Å². The second-order valence-corrected chi connectivity index (χ2v) is 3.17. The second kappa shape index (κ2) is 5.26. The van der Waals surface area contributed by atoms with Crippen molar-refractivity contribution in [1.29, 1.82) is 0 Å². The Morgan fingerprint density at radius 2 is 2.07 bits per heavy atom. The van der Waals surface area contributed by atoms with Crippen LogP contribution in [0.2, 0.25) is 0 Å². The van der Waals surface area contributed by atoms with Crippen LogP contribution in [-0.2, 0) is 0 Å². The summed E-state index contributed by atoms with van der Waals surface area (Å²) >= 11 is 0. The molecule has 80 valence electrons. The first-order chi connectivity index (χ1) is 7.15. The van der Waals surface area contributed by atoms with Gasteiger partial charge in [0.25, 0.3) is 5.69 Å². The lowest BCUT2D eigenvalue weighted by molar-refractivity contribution is -0.384. The molecule has 0 aliphatic heterocycles. The van der Waals surface area contributed by atoms with Crippen molar-refractivity contribution in [2.24, 2.45) is 0 Å². The van der Waals surface area contributed by atoms with Gasteiger partial charge in [0.2, 0.25) is 0 Å². The number of aliphatic hydroxyl groups is 1. The highest BCUT2D eigenvalue weighted by Crippen LogP contribution is 2.20. The molecule has 1 aromatic carbocycles. The first-order valence-electron chi connectivity index (χ1n) is 4.68. The molecule has 4 nitrogen and oxygen atoms in total. The van der Waals surface area contributed by atoms with E-state index in [1.54, 1.807) is 12.1 Å². The highest BCUT2D eigenvalue weighted by Gasteiger charge is 2.08. The quantitative estimate of drug-likeness (QED) is 0.469. The van der Waals surface area contributed by atoms with Gasteiger partial charge in [-0.05, 0) is 31.0 Å². The molecule has 0 saturated carbocycles. The average molecular weight is 207 g/mol. The zero-order valence-electron chi connectivity index (χ0n) is 8.46. The molecule has 1 rings (SSSR count). The summed E-state index contributed by atoms with van der Waals surface area (Å²) in [6, 6.07) is 5.95. The van der Waals surface area contributed by atoms with Gasteiger partial charge in [-0.3, -0.25) is 10.1 Å². The van der Waals surface area contributed by atoms with Gasteiger partial charge in [-0.25, -0.2) is 0 Å². The third kappa shape index (κ3) is 3.18. The van der Waals surface area contributed by atoms with Gasteiger partial charge in [-0.15, -0.1) is 0 Å². The van der Waals surface area contributed by atoms with Crippen LogP contribution in [0, 0.1) is 10.1 Å². The van der Waals surface area contributed by atoms with Gasteiger partial charge in [0.05, 0.1) is 11.0 Å². The summed E-state index contributed by atoms with van der Waals surface area (Å²) in [5.41, 5.74) is 0.732. The summed E-state index contributed by atoms with van der Waals surface area (Å²) in [5, 5.41) is 20.0. The van der Waals surface area contributed by atoms with Crippen molar-refractivity contribution in [2.45, 2.75) is 19.4 Å². The highest BCUT2D eigenvalue weighted by molar-refractivity contribution is 5.33. The Bertz CT molecular complexity index is 357. The number of rotatable bonds is 4.